The van der Waals surface area contributed by atoms with Gasteiger partial charge < -0.3 is 15.4 Å². The highest BCUT2D eigenvalue weighted by molar-refractivity contribution is 5.40. The maximum Gasteiger partial charge on any atom is 0.224 e. The van der Waals surface area contributed by atoms with E-state index in [1.807, 2.05) is 18.2 Å². The van der Waals surface area contributed by atoms with E-state index in [0.717, 1.165) is 31.0 Å². The minimum atomic E-state index is 0.368. The van der Waals surface area contributed by atoms with Gasteiger partial charge in [-0.2, -0.15) is 4.98 Å². The summed E-state index contributed by atoms with van der Waals surface area (Å²) in [6.07, 6.45) is 3.72. The first kappa shape index (κ1) is 16.1. The Balaban J connectivity index is 1.87. The zero-order valence-electron chi connectivity index (χ0n) is 13.5. The van der Waals surface area contributed by atoms with Crippen molar-refractivity contribution in [2.75, 3.05) is 24.3 Å². The summed E-state index contributed by atoms with van der Waals surface area (Å²) in [6, 6.07) is 10.4. The van der Waals surface area contributed by atoms with E-state index in [1.165, 1.54) is 5.56 Å². The van der Waals surface area contributed by atoms with Crippen LogP contribution in [0.5, 0.6) is 5.75 Å². The highest BCUT2D eigenvalue weighted by Gasteiger charge is 2.03. The lowest BCUT2D eigenvalue weighted by Gasteiger charge is -2.12. The summed E-state index contributed by atoms with van der Waals surface area (Å²) in [4.78, 5) is 8.71. The molecule has 118 valence electrons. The van der Waals surface area contributed by atoms with Gasteiger partial charge in [-0.3, -0.25) is 0 Å². The van der Waals surface area contributed by atoms with Gasteiger partial charge in [-0.15, -0.1) is 0 Å². The molecule has 0 aliphatic heterocycles. The summed E-state index contributed by atoms with van der Waals surface area (Å²) in [5.41, 5.74) is 1.24. The van der Waals surface area contributed by atoms with Crippen LogP contribution in [0.4, 0.5) is 11.8 Å². The average Bonchev–Trinajstić information content (AvgIpc) is 2.55. The van der Waals surface area contributed by atoms with Crippen molar-refractivity contribution in [3.05, 3.63) is 42.1 Å². The Morgan fingerprint density at radius 2 is 2.14 bits per heavy atom. The van der Waals surface area contributed by atoms with Crippen LogP contribution in [-0.2, 0) is 6.42 Å². The van der Waals surface area contributed by atoms with Gasteiger partial charge in [-0.25, -0.2) is 4.98 Å². The Morgan fingerprint density at radius 1 is 1.27 bits per heavy atom. The van der Waals surface area contributed by atoms with Crippen molar-refractivity contribution in [3.63, 3.8) is 0 Å². The van der Waals surface area contributed by atoms with Gasteiger partial charge in [-0.1, -0.05) is 19.1 Å². The molecule has 2 rings (SSSR count). The third-order valence-electron chi connectivity index (χ3n) is 3.50. The average molecular weight is 300 g/mol. The van der Waals surface area contributed by atoms with E-state index < -0.39 is 0 Å². The molecule has 0 radical (unpaired) electrons. The minimum Gasteiger partial charge on any atom is -0.497 e. The Kier molecular flexibility index (Phi) is 6.01. The van der Waals surface area contributed by atoms with Gasteiger partial charge in [0.2, 0.25) is 5.95 Å². The van der Waals surface area contributed by atoms with Crippen LogP contribution in [0.15, 0.2) is 36.5 Å². The normalized spacial score (nSPS) is 11.8. The molecule has 0 aliphatic carbocycles. The molecule has 0 spiro atoms. The molecule has 0 amide bonds. The summed E-state index contributed by atoms with van der Waals surface area (Å²) in [5.74, 6) is 2.39. The molecule has 1 heterocycles. The molecule has 2 aromatic rings. The fourth-order valence-electron chi connectivity index (χ4n) is 2.01. The summed E-state index contributed by atoms with van der Waals surface area (Å²) in [7, 11) is 1.68. The second kappa shape index (κ2) is 8.22. The number of nitrogens with one attached hydrogen (secondary N) is 2. The van der Waals surface area contributed by atoms with Crippen molar-refractivity contribution in [3.8, 4) is 5.75 Å². The molecule has 5 heteroatoms. The molecule has 1 aromatic carbocycles. The summed E-state index contributed by atoms with van der Waals surface area (Å²) in [5, 5.41) is 6.61. The lowest BCUT2D eigenvalue weighted by molar-refractivity contribution is 0.414. The number of anilines is 2. The van der Waals surface area contributed by atoms with E-state index in [2.05, 4.69) is 46.6 Å². The third-order valence-corrected chi connectivity index (χ3v) is 3.50. The molecule has 1 unspecified atom stereocenters. The van der Waals surface area contributed by atoms with Crippen molar-refractivity contribution in [1.82, 2.24) is 9.97 Å². The molecule has 5 nitrogen and oxygen atoms in total. The standard InChI is InChI=1S/C17H24N4O/c1-4-13(2)20-17-19-11-9-16(21-17)18-10-8-14-6-5-7-15(12-14)22-3/h5-7,9,11-13H,4,8,10H2,1-3H3,(H2,18,19,20,21). The molecule has 0 saturated carbocycles. The molecule has 1 atom stereocenters. The van der Waals surface area contributed by atoms with Crippen LogP contribution in [0.2, 0.25) is 0 Å². The number of ether oxygens (including phenoxy) is 1. The predicted octanol–water partition coefficient (Wildman–Crippen LogP) is 3.35. The van der Waals surface area contributed by atoms with Gasteiger partial charge in [0.1, 0.15) is 11.6 Å². The van der Waals surface area contributed by atoms with Gasteiger partial charge in [0.25, 0.3) is 0 Å². The molecule has 1 aromatic heterocycles. The monoisotopic (exact) mass is 300 g/mol. The Labute approximate surface area is 132 Å². The van der Waals surface area contributed by atoms with E-state index in [9.17, 15) is 0 Å². The minimum absolute atomic E-state index is 0.368. The van der Waals surface area contributed by atoms with Crippen LogP contribution in [0.1, 0.15) is 25.8 Å². The predicted molar refractivity (Wildman–Crippen MR) is 90.6 cm³/mol. The molecule has 0 aliphatic rings. The zero-order valence-corrected chi connectivity index (χ0v) is 13.5. The third kappa shape index (κ3) is 4.91. The molecule has 0 saturated heterocycles. The molecule has 2 N–H and O–H groups in total. The molecule has 0 fully saturated rings. The van der Waals surface area contributed by atoms with Crippen LogP contribution < -0.4 is 15.4 Å². The quantitative estimate of drug-likeness (QED) is 0.783. The first-order chi connectivity index (χ1) is 10.7. The van der Waals surface area contributed by atoms with Gasteiger partial charge in [-0.05, 0) is 43.5 Å². The smallest absolute Gasteiger partial charge is 0.224 e. The van der Waals surface area contributed by atoms with Crippen LogP contribution in [-0.4, -0.2) is 29.7 Å². The van der Waals surface area contributed by atoms with Gasteiger partial charge in [0, 0.05) is 18.8 Å². The van der Waals surface area contributed by atoms with E-state index in [-0.39, 0.29) is 0 Å². The lowest BCUT2D eigenvalue weighted by atomic mass is 10.1. The SMILES string of the molecule is CCC(C)Nc1nccc(NCCc2cccc(OC)c2)n1. The molecular weight excluding hydrogens is 276 g/mol. The van der Waals surface area contributed by atoms with Crippen molar-refractivity contribution in [1.29, 1.82) is 0 Å². The van der Waals surface area contributed by atoms with Gasteiger partial charge in [0.15, 0.2) is 0 Å². The number of nitrogens with zero attached hydrogens (tertiary/aromatic N) is 2. The first-order valence-corrected chi connectivity index (χ1v) is 7.67. The van der Waals surface area contributed by atoms with Crippen LogP contribution >= 0.6 is 0 Å². The number of methoxy groups -OCH3 is 1. The van der Waals surface area contributed by atoms with E-state index in [1.54, 1.807) is 13.3 Å². The molecule has 22 heavy (non-hydrogen) atoms. The van der Waals surface area contributed by atoms with Crippen molar-refractivity contribution < 1.29 is 4.74 Å². The van der Waals surface area contributed by atoms with E-state index in [0.29, 0.717) is 12.0 Å². The number of hydrogen-bond acceptors (Lipinski definition) is 5. The highest BCUT2D eigenvalue weighted by atomic mass is 16.5. The summed E-state index contributed by atoms with van der Waals surface area (Å²) in [6.45, 7) is 5.06. The number of aromatic nitrogens is 2. The van der Waals surface area contributed by atoms with Gasteiger partial charge in [0.05, 0.1) is 7.11 Å². The van der Waals surface area contributed by atoms with Gasteiger partial charge >= 0.3 is 0 Å². The molecular formula is C17H24N4O. The van der Waals surface area contributed by atoms with Crippen molar-refractivity contribution in [2.24, 2.45) is 0 Å². The Hall–Kier alpha value is -2.30. The van der Waals surface area contributed by atoms with Crippen LogP contribution in [0, 0.1) is 0 Å². The van der Waals surface area contributed by atoms with E-state index in [4.69, 9.17) is 4.74 Å². The summed E-state index contributed by atoms with van der Waals surface area (Å²) < 4.78 is 5.23. The fourth-order valence-corrected chi connectivity index (χ4v) is 2.01. The highest BCUT2D eigenvalue weighted by Crippen LogP contribution is 2.13. The van der Waals surface area contributed by atoms with Crippen LogP contribution in [0.25, 0.3) is 0 Å². The maximum atomic E-state index is 5.23. The molecule has 0 bridgehead atoms. The first-order valence-electron chi connectivity index (χ1n) is 7.67. The Morgan fingerprint density at radius 3 is 2.91 bits per heavy atom. The number of hydrogen-bond donors (Lipinski definition) is 2. The second-order valence-electron chi connectivity index (χ2n) is 5.25. The van der Waals surface area contributed by atoms with E-state index >= 15 is 0 Å². The number of rotatable bonds is 8. The fraction of sp³-hybridized carbons (Fsp3) is 0.412. The second-order valence-corrected chi connectivity index (χ2v) is 5.25. The van der Waals surface area contributed by atoms with Crippen LogP contribution in [0.3, 0.4) is 0 Å². The topological polar surface area (TPSA) is 59.1 Å². The summed E-state index contributed by atoms with van der Waals surface area (Å²) >= 11 is 0. The Bertz CT molecular complexity index is 588. The van der Waals surface area contributed by atoms with Crippen molar-refractivity contribution in [2.45, 2.75) is 32.7 Å². The lowest BCUT2D eigenvalue weighted by Crippen LogP contribution is -2.16. The largest absolute Gasteiger partial charge is 0.497 e. The zero-order chi connectivity index (χ0) is 15.8. The maximum absolute atomic E-state index is 5.23. The number of benzene rings is 1. The van der Waals surface area contributed by atoms with Crippen molar-refractivity contribution >= 4 is 11.8 Å².